The van der Waals surface area contributed by atoms with Gasteiger partial charge in [-0.2, -0.15) is 5.10 Å². The smallest absolute Gasteiger partial charge is 0.210 e. The molecule has 26 heavy (non-hydrogen) atoms. The predicted molar refractivity (Wildman–Crippen MR) is 104 cm³/mol. The molecule has 2 rings (SSSR count). The zero-order valence-corrected chi connectivity index (χ0v) is 16.2. The van der Waals surface area contributed by atoms with E-state index in [0.717, 1.165) is 22.6 Å². The van der Waals surface area contributed by atoms with E-state index in [2.05, 4.69) is 20.7 Å². The minimum absolute atomic E-state index is 0.153. The largest absolute Gasteiger partial charge is 0.357 e. The Morgan fingerprint density at radius 1 is 1.27 bits per heavy atom. The van der Waals surface area contributed by atoms with E-state index in [1.165, 1.54) is 0 Å². The van der Waals surface area contributed by atoms with Gasteiger partial charge in [0.2, 0.25) is 10.0 Å². The van der Waals surface area contributed by atoms with Gasteiger partial charge in [-0.05, 0) is 38.5 Å². The fourth-order valence-corrected chi connectivity index (χ4v) is 2.93. The highest BCUT2D eigenvalue weighted by Crippen LogP contribution is 2.17. The number of guanidine groups is 1. The molecule has 0 unspecified atom stereocenters. The van der Waals surface area contributed by atoms with E-state index in [0.29, 0.717) is 19.0 Å². The molecule has 0 saturated carbocycles. The maximum Gasteiger partial charge on any atom is 0.210 e. The van der Waals surface area contributed by atoms with Crippen LogP contribution in [0.15, 0.2) is 35.3 Å². The van der Waals surface area contributed by atoms with Gasteiger partial charge in [0.05, 0.1) is 23.7 Å². The highest BCUT2D eigenvalue weighted by atomic mass is 32.2. The first-order valence-electron chi connectivity index (χ1n) is 8.44. The van der Waals surface area contributed by atoms with Crippen LogP contribution in [0.3, 0.4) is 0 Å². The second-order valence-corrected chi connectivity index (χ2v) is 7.69. The molecule has 8 nitrogen and oxygen atoms in total. The molecule has 0 fully saturated rings. The van der Waals surface area contributed by atoms with Crippen LogP contribution in [0.2, 0.25) is 0 Å². The van der Waals surface area contributed by atoms with Crippen molar-refractivity contribution in [1.82, 2.24) is 20.4 Å². The lowest BCUT2D eigenvalue weighted by Crippen LogP contribution is -2.40. The second kappa shape index (κ2) is 8.81. The Morgan fingerprint density at radius 3 is 2.62 bits per heavy atom. The Labute approximate surface area is 154 Å². The van der Waals surface area contributed by atoms with Gasteiger partial charge in [0.15, 0.2) is 5.96 Å². The van der Waals surface area contributed by atoms with E-state index in [1.54, 1.807) is 0 Å². The number of hydrogen-bond acceptors (Lipinski definition) is 4. The number of benzene rings is 1. The summed E-state index contributed by atoms with van der Waals surface area (Å²) in [6.07, 6.45) is 0. The third-order valence-electron chi connectivity index (χ3n) is 3.66. The van der Waals surface area contributed by atoms with Crippen molar-refractivity contribution >= 4 is 16.0 Å². The van der Waals surface area contributed by atoms with Gasteiger partial charge in [0.1, 0.15) is 0 Å². The average Bonchev–Trinajstić information content (AvgIpc) is 2.90. The monoisotopic (exact) mass is 378 g/mol. The topological polar surface area (TPSA) is 114 Å². The third-order valence-corrected chi connectivity index (χ3v) is 4.43. The number of aryl methyl sites for hydroxylation is 2. The van der Waals surface area contributed by atoms with E-state index >= 15 is 0 Å². The summed E-state index contributed by atoms with van der Waals surface area (Å²) in [6, 6.07) is 9.96. The average molecular weight is 379 g/mol. The molecule has 0 amide bonds. The molecule has 0 spiro atoms. The molecule has 0 aliphatic carbocycles. The first kappa shape index (κ1) is 19.9. The minimum Gasteiger partial charge on any atom is -0.357 e. The Morgan fingerprint density at radius 2 is 2.00 bits per heavy atom. The summed E-state index contributed by atoms with van der Waals surface area (Å²) in [6.45, 7) is 7.21. The SMILES string of the molecule is CCNC(=NCc1ccccc1-n1nc(C)cc1C)NCCS(N)(=O)=O. The predicted octanol–water partition coefficient (Wildman–Crippen LogP) is 0.833. The summed E-state index contributed by atoms with van der Waals surface area (Å²) >= 11 is 0. The number of rotatable bonds is 7. The third kappa shape index (κ3) is 5.85. The Balaban J connectivity index is 2.17. The van der Waals surface area contributed by atoms with Crippen molar-refractivity contribution in [2.75, 3.05) is 18.8 Å². The Hall–Kier alpha value is -2.39. The van der Waals surface area contributed by atoms with Crippen molar-refractivity contribution in [3.63, 3.8) is 0 Å². The van der Waals surface area contributed by atoms with Crippen LogP contribution in [0.1, 0.15) is 23.9 Å². The summed E-state index contributed by atoms with van der Waals surface area (Å²) in [5, 5.41) is 15.6. The van der Waals surface area contributed by atoms with Gasteiger partial charge in [0.25, 0.3) is 0 Å². The maximum absolute atomic E-state index is 11.1. The second-order valence-electron chi connectivity index (χ2n) is 5.96. The van der Waals surface area contributed by atoms with Crippen LogP contribution >= 0.6 is 0 Å². The van der Waals surface area contributed by atoms with Crippen LogP contribution in [0.5, 0.6) is 0 Å². The zero-order valence-electron chi connectivity index (χ0n) is 15.4. The molecule has 4 N–H and O–H groups in total. The standard InChI is InChI=1S/C17H26N6O2S/c1-4-19-17(20-9-10-26(18,24)25)21-12-15-7-5-6-8-16(15)23-14(3)11-13(2)22-23/h5-8,11H,4,9-10,12H2,1-3H3,(H2,18,24,25)(H2,19,20,21). The van der Waals surface area contributed by atoms with E-state index in [-0.39, 0.29) is 12.3 Å². The van der Waals surface area contributed by atoms with Crippen LogP contribution in [0.25, 0.3) is 5.69 Å². The highest BCUT2D eigenvalue weighted by molar-refractivity contribution is 7.89. The van der Waals surface area contributed by atoms with Gasteiger partial charge in [-0.25, -0.2) is 23.2 Å². The van der Waals surface area contributed by atoms with Crippen molar-refractivity contribution in [1.29, 1.82) is 0 Å². The number of para-hydroxylation sites is 1. The number of primary sulfonamides is 1. The number of sulfonamides is 1. The van der Waals surface area contributed by atoms with Gasteiger partial charge in [0, 0.05) is 18.8 Å². The summed E-state index contributed by atoms with van der Waals surface area (Å²) in [5.41, 5.74) is 4.00. The fourth-order valence-electron chi connectivity index (χ4n) is 2.54. The lowest BCUT2D eigenvalue weighted by Gasteiger charge is -2.13. The summed E-state index contributed by atoms with van der Waals surface area (Å²) in [4.78, 5) is 4.54. The van der Waals surface area contributed by atoms with E-state index < -0.39 is 10.0 Å². The quantitative estimate of drug-likeness (QED) is 0.488. The maximum atomic E-state index is 11.1. The number of aliphatic imine (C=N–C) groups is 1. The van der Waals surface area contributed by atoms with Crippen LogP contribution < -0.4 is 15.8 Å². The summed E-state index contributed by atoms with van der Waals surface area (Å²) < 4.78 is 24.0. The van der Waals surface area contributed by atoms with Crippen molar-refractivity contribution < 1.29 is 8.42 Å². The first-order chi connectivity index (χ1) is 12.3. The van der Waals surface area contributed by atoms with Crippen LogP contribution in [-0.2, 0) is 16.6 Å². The van der Waals surface area contributed by atoms with Gasteiger partial charge in [-0.1, -0.05) is 18.2 Å². The number of aromatic nitrogens is 2. The van der Waals surface area contributed by atoms with Crippen molar-refractivity contribution in [3.05, 3.63) is 47.3 Å². The van der Waals surface area contributed by atoms with Crippen molar-refractivity contribution in [3.8, 4) is 5.69 Å². The molecule has 142 valence electrons. The molecule has 1 aromatic carbocycles. The van der Waals surface area contributed by atoms with Crippen molar-refractivity contribution in [2.24, 2.45) is 10.1 Å². The summed E-state index contributed by atoms with van der Waals surface area (Å²) in [7, 11) is -3.50. The molecule has 0 aliphatic rings. The number of nitrogens with one attached hydrogen (secondary N) is 2. The van der Waals surface area contributed by atoms with E-state index in [1.807, 2.05) is 55.8 Å². The molecular weight excluding hydrogens is 352 g/mol. The highest BCUT2D eigenvalue weighted by Gasteiger charge is 2.09. The summed E-state index contributed by atoms with van der Waals surface area (Å²) in [5.74, 6) is 0.388. The van der Waals surface area contributed by atoms with Crippen LogP contribution in [0, 0.1) is 13.8 Å². The fraction of sp³-hybridized carbons (Fsp3) is 0.412. The first-order valence-corrected chi connectivity index (χ1v) is 10.2. The van der Waals surface area contributed by atoms with Crippen LogP contribution in [-0.4, -0.2) is 43.0 Å². The molecule has 2 aromatic rings. The Kier molecular flexibility index (Phi) is 6.76. The molecule has 1 heterocycles. The minimum atomic E-state index is -3.50. The molecule has 0 aliphatic heterocycles. The molecule has 0 bridgehead atoms. The van der Waals surface area contributed by atoms with Gasteiger partial charge in [-0.3, -0.25) is 0 Å². The number of nitrogens with zero attached hydrogens (tertiary/aromatic N) is 3. The van der Waals surface area contributed by atoms with Crippen molar-refractivity contribution in [2.45, 2.75) is 27.3 Å². The molecule has 0 radical (unpaired) electrons. The Bertz CT molecular complexity index is 873. The molecular formula is C17H26N6O2S. The van der Waals surface area contributed by atoms with Gasteiger partial charge in [-0.15, -0.1) is 0 Å². The van der Waals surface area contributed by atoms with Crippen LogP contribution in [0.4, 0.5) is 0 Å². The lowest BCUT2D eigenvalue weighted by molar-refractivity contribution is 0.596. The van der Waals surface area contributed by atoms with Gasteiger partial charge >= 0.3 is 0 Å². The molecule has 0 atom stereocenters. The van der Waals surface area contributed by atoms with E-state index in [9.17, 15) is 8.42 Å². The molecule has 9 heteroatoms. The van der Waals surface area contributed by atoms with Gasteiger partial charge < -0.3 is 10.6 Å². The van der Waals surface area contributed by atoms with E-state index in [4.69, 9.17) is 5.14 Å². The molecule has 1 aromatic heterocycles. The number of hydrogen-bond donors (Lipinski definition) is 3. The lowest BCUT2D eigenvalue weighted by atomic mass is 10.2. The normalized spacial score (nSPS) is 12.2. The number of nitrogens with two attached hydrogens (primary N) is 1. The zero-order chi connectivity index (χ0) is 19.2. The molecule has 0 saturated heterocycles.